The highest BCUT2D eigenvalue weighted by atomic mass is 32.2. The van der Waals surface area contributed by atoms with Crippen molar-refractivity contribution < 1.29 is 16.8 Å². The van der Waals surface area contributed by atoms with Gasteiger partial charge in [-0.2, -0.15) is 4.31 Å². The first-order valence-electron chi connectivity index (χ1n) is 6.62. The maximum absolute atomic E-state index is 12.6. The van der Waals surface area contributed by atoms with E-state index < -0.39 is 25.9 Å². The minimum Gasteiger partial charge on any atom is -0.229 e. The van der Waals surface area contributed by atoms with Crippen molar-refractivity contribution in [2.24, 2.45) is 0 Å². The standard InChI is InChI=1S/C12H19NO4S3/c1-2-3-7-13(11-6-9-19(14,15)10-11)20(16,17)12-5-4-8-18-12/h4-5,8,11H,2-3,6-7,9-10H2,1H3/t11-/m0/s1. The summed E-state index contributed by atoms with van der Waals surface area (Å²) in [6.07, 6.45) is 2.01. The van der Waals surface area contributed by atoms with Crippen LogP contribution in [-0.2, 0) is 19.9 Å². The number of rotatable bonds is 6. The summed E-state index contributed by atoms with van der Waals surface area (Å²) < 4.78 is 50.2. The fourth-order valence-electron chi connectivity index (χ4n) is 2.34. The molecule has 20 heavy (non-hydrogen) atoms. The molecule has 1 aliphatic rings. The van der Waals surface area contributed by atoms with Crippen LogP contribution in [-0.4, -0.2) is 45.2 Å². The minimum absolute atomic E-state index is 0.0542. The van der Waals surface area contributed by atoms with Gasteiger partial charge in [0, 0.05) is 12.6 Å². The molecule has 2 rings (SSSR count). The van der Waals surface area contributed by atoms with Gasteiger partial charge in [-0.3, -0.25) is 0 Å². The van der Waals surface area contributed by atoms with Gasteiger partial charge in [-0.25, -0.2) is 16.8 Å². The molecular formula is C12H19NO4S3. The van der Waals surface area contributed by atoms with E-state index in [9.17, 15) is 16.8 Å². The van der Waals surface area contributed by atoms with E-state index in [0.29, 0.717) is 13.0 Å². The smallest absolute Gasteiger partial charge is 0.229 e. The molecule has 5 nitrogen and oxygen atoms in total. The van der Waals surface area contributed by atoms with E-state index >= 15 is 0 Å². The summed E-state index contributed by atoms with van der Waals surface area (Å²) >= 11 is 1.17. The van der Waals surface area contributed by atoms with Gasteiger partial charge in [0.05, 0.1) is 11.5 Å². The Labute approximate surface area is 124 Å². The minimum atomic E-state index is -3.58. The van der Waals surface area contributed by atoms with E-state index in [1.807, 2.05) is 6.92 Å². The molecule has 1 atom stereocenters. The van der Waals surface area contributed by atoms with E-state index in [2.05, 4.69) is 0 Å². The van der Waals surface area contributed by atoms with Gasteiger partial charge in [0.25, 0.3) is 10.0 Å². The van der Waals surface area contributed by atoms with Crippen LogP contribution in [0.2, 0.25) is 0 Å². The maximum Gasteiger partial charge on any atom is 0.252 e. The average molecular weight is 337 g/mol. The van der Waals surface area contributed by atoms with E-state index in [1.165, 1.54) is 15.6 Å². The molecule has 0 aliphatic carbocycles. The van der Waals surface area contributed by atoms with E-state index in [-0.39, 0.29) is 15.7 Å². The van der Waals surface area contributed by atoms with Gasteiger partial charge < -0.3 is 0 Å². The van der Waals surface area contributed by atoms with Crippen LogP contribution >= 0.6 is 11.3 Å². The molecule has 1 saturated heterocycles. The van der Waals surface area contributed by atoms with Crippen molar-refractivity contribution in [3.8, 4) is 0 Å². The first-order chi connectivity index (χ1) is 9.37. The summed E-state index contributed by atoms with van der Waals surface area (Å²) in [7, 11) is -6.67. The Morgan fingerprint density at radius 3 is 2.70 bits per heavy atom. The molecule has 1 aliphatic heterocycles. The summed E-state index contributed by atoms with van der Waals surface area (Å²) in [5, 5.41) is 1.72. The number of thiophene rings is 1. The maximum atomic E-state index is 12.6. The third-order valence-corrected chi connectivity index (χ3v) is 8.48. The van der Waals surface area contributed by atoms with Crippen molar-refractivity contribution in [2.45, 2.75) is 36.4 Å². The van der Waals surface area contributed by atoms with Crippen LogP contribution < -0.4 is 0 Å². The molecule has 0 radical (unpaired) electrons. The zero-order valence-electron chi connectivity index (χ0n) is 11.4. The van der Waals surface area contributed by atoms with Crippen molar-refractivity contribution in [3.05, 3.63) is 17.5 Å². The molecule has 0 N–H and O–H groups in total. The molecule has 1 aromatic rings. The van der Waals surface area contributed by atoms with Crippen molar-refractivity contribution in [2.75, 3.05) is 18.1 Å². The number of sulfone groups is 1. The number of unbranched alkanes of at least 4 members (excludes halogenated alkanes) is 1. The highest BCUT2D eigenvalue weighted by Crippen LogP contribution is 2.27. The lowest BCUT2D eigenvalue weighted by atomic mass is 10.2. The van der Waals surface area contributed by atoms with Crippen molar-refractivity contribution >= 4 is 31.2 Å². The van der Waals surface area contributed by atoms with E-state index in [0.717, 1.165) is 12.8 Å². The zero-order valence-corrected chi connectivity index (χ0v) is 13.8. The lowest BCUT2D eigenvalue weighted by Gasteiger charge is -2.26. The predicted octanol–water partition coefficient (Wildman–Crippen LogP) is 1.73. The van der Waals surface area contributed by atoms with Crippen LogP contribution in [0.3, 0.4) is 0 Å². The molecule has 0 amide bonds. The Balaban J connectivity index is 2.29. The number of hydrogen-bond acceptors (Lipinski definition) is 5. The molecule has 8 heteroatoms. The number of nitrogens with zero attached hydrogens (tertiary/aromatic N) is 1. The number of hydrogen-bond donors (Lipinski definition) is 0. The second-order valence-corrected chi connectivity index (χ2v) is 10.3. The summed E-state index contributed by atoms with van der Waals surface area (Å²) in [6, 6.07) is 2.85. The number of sulfonamides is 1. The largest absolute Gasteiger partial charge is 0.252 e. The zero-order chi connectivity index (χ0) is 14.8. The molecule has 114 valence electrons. The molecule has 0 aromatic carbocycles. The normalized spacial score (nSPS) is 22.4. The Morgan fingerprint density at radius 1 is 1.45 bits per heavy atom. The van der Waals surface area contributed by atoms with Gasteiger partial charge >= 0.3 is 0 Å². The van der Waals surface area contributed by atoms with Crippen LogP contribution in [0.1, 0.15) is 26.2 Å². The molecule has 1 aromatic heterocycles. The molecule has 2 heterocycles. The molecule has 0 saturated carbocycles. The highest BCUT2D eigenvalue weighted by Gasteiger charge is 2.38. The van der Waals surface area contributed by atoms with E-state index in [4.69, 9.17) is 0 Å². The molecule has 0 spiro atoms. The predicted molar refractivity (Wildman–Crippen MR) is 80.2 cm³/mol. The van der Waals surface area contributed by atoms with Crippen molar-refractivity contribution in [1.82, 2.24) is 4.31 Å². The van der Waals surface area contributed by atoms with Gasteiger partial charge in [0.15, 0.2) is 9.84 Å². The molecule has 1 fully saturated rings. The van der Waals surface area contributed by atoms with Crippen LogP contribution in [0, 0.1) is 0 Å². The molecular weight excluding hydrogens is 318 g/mol. The monoisotopic (exact) mass is 337 g/mol. The average Bonchev–Trinajstić information content (AvgIpc) is 2.99. The second kappa shape index (κ2) is 6.13. The second-order valence-electron chi connectivity index (χ2n) is 4.96. The van der Waals surface area contributed by atoms with Crippen LogP contribution in [0.5, 0.6) is 0 Å². The highest BCUT2D eigenvalue weighted by molar-refractivity contribution is 7.92. The molecule has 0 bridgehead atoms. The fourth-order valence-corrected chi connectivity index (χ4v) is 6.98. The van der Waals surface area contributed by atoms with E-state index in [1.54, 1.807) is 17.5 Å². The summed E-state index contributed by atoms with van der Waals surface area (Å²) in [6.45, 7) is 2.37. The van der Waals surface area contributed by atoms with Crippen molar-refractivity contribution in [1.29, 1.82) is 0 Å². The van der Waals surface area contributed by atoms with Gasteiger partial charge in [-0.1, -0.05) is 19.4 Å². The summed E-state index contributed by atoms with van der Waals surface area (Å²) in [5.41, 5.74) is 0. The lowest BCUT2D eigenvalue weighted by molar-refractivity contribution is 0.336. The van der Waals surface area contributed by atoms with Crippen LogP contribution in [0.4, 0.5) is 0 Å². The lowest BCUT2D eigenvalue weighted by Crippen LogP contribution is -2.41. The Morgan fingerprint density at radius 2 is 2.20 bits per heavy atom. The van der Waals surface area contributed by atoms with Gasteiger partial charge in [-0.05, 0) is 24.3 Å². The van der Waals surface area contributed by atoms with Crippen LogP contribution in [0.25, 0.3) is 0 Å². The Kier molecular flexibility index (Phi) is 4.88. The quantitative estimate of drug-likeness (QED) is 0.792. The fraction of sp³-hybridized carbons (Fsp3) is 0.667. The van der Waals surface area contributed by atoms with Gasteiger partial charge in [-0.15, -0.1) is 11.3 Å². The Hall–Kier alpha value is -0.440. The van der Waals surface area contributed by atoms with Crippen LogP contribution in [0.15, 0.2) is 21.7 Å². The van der Waals surface area contributed by atoms with Gasteiger partial charge in [0.2, 0.25) is 0 Å². The first kappa shape index (κ1) is 15.9. The van der Waals surface area contributed by atoms with Crippen molar-refractivity contribution in [3.63, 3.8) is 0 Å². The Bertz CT molecular complexity index is 634. The third kappa shape index (κ3) is 3.41. The summed E-state index contributed by atoms with van der Waals surface area (Å²) in [4.78, 5) is 0. The third-order valence-electron chi connectivity index (χ3n) is 3.41. The SMILES string of the molecule is CCCCN([C@H]1CCS(=O)(=O)C1)S(=O)(=O)c1cccs1. The molecule has 0 unspecified atom stereocenters. The summed E-state index contributed by atoms with van der Waals surface area (Å²) in [5.74, 6) is 0.0293. The topological polar surface area (TPSA) is 71.5 Å². The first-order valence-corrected chi connectivity index (χ1v) is 10.8. The van der Waals surface area contributed by atoms with Gasteiger partial charge in [0.1, 0.15) is 4.21 Å².